The van der Waals surface area contributed by atoms with Gasteiger partial charge >= 0.3 is 12.0 Å². The summed E-state index contributed by atoms with van der Waals surface area (Å²) in [6.07, 6.45) is 4.19. The van der Waals surface area contributed by atoms with Crippen molar-refractivity contribution in [2.75, 3.05) is 6.54 Å². The topological polar surface area (TPSA) is 98.7 Å². The van der Waals surface area contributed by atoms with Gasteiger partial charge in [-0.1, -0.05) is 32.6 Å². The Labute approximate surface area is 114 Å². The van der Waals surface area contributed by atoms with Crippen LogP contribution in [0.25, 0.3) is 0 Å². The number of unbranched alkanes of at least 4 members (excludes halogenated alkanes) is 3. The number of nitrogens with one attached hydrogen (secondary N) is 2. The molecule has 0 aliphatic heterocycles. The number of carbonyl (C=O) groups is 2. The molecule has 0 aromatic heterocycles. The Hall–Kier alpha value is -1.30. The molecule has 0 aromatic rings. The molecule has 0 fully saturated rings. The van der Waals surface area contributed by atoms with Gasteiger partial charge in [-0.15, -0.1) is 0 Å². The number of hydrogen-bond acceptors (Lipinski definition) is 3. The Balaban J connectivity index is 3.59. The minimum atomic E-state index is -1.42. The molecule has 4 N–H and O–H groups in total. The van der Waals surface area contributed by atoms with Crippen LogP contribution in [-0.4, -0.2) is 40.9 Å². The zero-order valence-electron chi connectivity index (χ0n) is 11.8. The number of hydrogen-bond donors (Lipinski definition) is 4. The first-order chi connectivity index (χ1) is 8.97. The van der Waals surface area contributed by atoms with Gasteiger partial charge in [-0.2, -0.15) is 0 Å². The number of urea groups is 1. The summed E-state index contributed by atoms with van der Waals surface area (Å²) < 4.78 is 0. The summed E-state index contributed by atoms with van der Waals surface area (Å²) in [4.78, 5) is 21.8. The maximum Gasteiger partial charge on any atom is 0.332 e. The highest BCUT2D eigenvalue weighted by Crippen LogP contribution is 2.04. The van der Waals surface area contributed by atoms with Crippen molar-refractivity contribution in [1.82, 2.24) is 10.6 Å². The fraction of sp³-hybridized carbons (Fsp3) is 0.846. The van der Waals surface area contributed by atoms with Gasteiger partial charge in [0.1, 0.15) is 0 Å². The molecule has 112 valence electrons. The average molecular weight is 274 g/mol. The van der Waals surface area contributed by atoms with Crippen LogP contribution in [0.15, 0.2) is 0 Å². The molecular formula is C13H26N2O4. The zero-order valence-corrected chi connectivity index (χ0v) is 11.8. The van der Waals surface area contributed by atoms with E-state index < -0.39 is 12.1 Å². The molecule has 0 saturated carbocycles. The lowest BCUT2D eigenvalue weighted by atomic mass is 10.1. The molecule has 0 radical (unpaired) electrons. The Morgan fingerprint density at radius 1 is 1.16 bits per heavy atom. The first-order valence-electron chi connectivity index (χ1n) is 6.92. The molecule has 2 unspecified atom stereocenters. The summed E-state index contributed by atoms with van der Waals surface area (Å²) in [5.74, 6) is -1.27. The third-order valence-electron chi connectivity index (χ3n) is 2.86. The first kappa shape index (κ1) is 17.7. The molecule has 0 saturated heterocycles. The standard InChI is InChI=1S/C13H26N2O4/c1-3-4-5-6-7-10(2)15-13(19)14-9-8-11(16)12(17)18/h10-11,16H,3-9H2,1-2H3,(H,17,18)(H2,14,15,19). The third-order valence-corrected chi connectivity index (χ3v) is 2.86. The van der Waals surface area contributed by atoms with Crippen LogP contribution in [-0.2, 0) is 4.79 Å². The molecule has 2 amide bonds. The second-order valence-electron chi connectivity index (χ2n) is 4.79. The minimum Gasteiger partial charge on any atom is -0.479 e. The van der Waals surface area contributed by atoms with E-state index in [9.17, 15) is 9.59 Å². The predicted octanol–water partition coefficient (Wildman–Crippen LogP) is 1.48. The molecule has 0 spiro atoms. The van der Waals surface area contributed by atoms with Gasteiger partial charge in [0.25, 0.3) is 0 Å². The second-order valence-corrected chi connectivity index (χ2v) is 4.79. The number of aliphatic hydroxyl groups excluding tert-OH is 1. The number of aliphatic carboxylic acids is 1. The van der Waals surface area contributed by atoms with Crippen molar-refractivity contribution in [3.8, 4) is 0 Å². The summed E-state index contributed by atoms with van der Waals surface area (Å²) in [5, 5.41) is 22.8. The van der Waals surface area contributed by atoms with Gasteiger partial charge < -0.3 is 20.8 Å². The van der Waals surface area contributed by atoms with Crippen LogP contribution in [0.2, 0.25) is 0 Å². The van der Waals surface area contributed by atoms with E-state index in [0.29, 0.717) is 0 Å². The molecule has 0 aliphatic rings. The molecule has 0 aliphatic carbocycles. The van der Waals surface area contributed by atoms with Crippen molar-refractivity contribution in [3.05, 3.63) is 0 Å². The van der Waals surface area contributed by atoms with E-state index in [2.05, 4.69) is 17.6 Å². The van der Waals surface area contributed by atoms with Crippen molar-refractivity contribution in [3.63, 3.8) is 0 Å². The van der Waals surface area contributed by atoms with E-state index in [-0.39, 0.29) is 25.0 Å². The van der Waals surface area contributed by atoms with Crippen LogP contribution in [0.3, 0.4) is 0 Å². The molecule has 0 rings (SSSR count). The molecular weight excluding hydrogens is 248 g/mol. The van der Waals surface area contributed by atoms with Crippen molar-refractivity contribution >= 4 is 12.0 Å². The maximum absolute atomic E-state index is 11.4. The summed E-state index contributed by atoms with van der Waals surface area (Å²) in [5.41, 5.74) is 0. The van der Waals surface area contributed by atoms with E-state index in [4.69, 9.17) is 10.2 Å². The van der Waals surface area contributed by atoms with Crippen molar-refractivity contribution in [1.29, 1.82) is 0 Å². The van der Waals surface area contributed by atoms with Crippen LogP contribution in [0.4, 0.5) is 4.79 Å². The predicted molar refractivity (Wildman–Crippen MR) is 73.0 cm³/mol. The first-order valence-corrected chi connectivity index (χ1v) is 6.92. The lowest BCUT2D eigenvalue weighted by Gasteiger charge is -2.14. The van der Waals surface area contributed by atoms with Gasteiger partial charge in [-0.05, 0) is 13.3 Å². The molecule has 19 heavy (non-hydrogen) atoms. The highest BCUT2D eigenvalue weighted by molar-refractivity contribution is 5.74. The van der Waals surface area contributed by atoms with Crippen LogP contribution >= 0.6 is 0 Å². The van der Waals surface area contributed by atoms with Gasteiger partial charge in [0, 0.05) is 19.0 Å². The highest BCUT2D eigenvalue weighted by Gasteiger charge is 2.13. The summed E-state index contributed by atoms with van der Waals surface area (Å²) >= 11 is 0. The van der Waals surface area contributed by atoms with Gasteiger partial charge in [0.15, 0.2) is 6.10 Å². The lowest BCUT2D eigenvalue weighted by Crippen LogP contribution is -2.42. The van der Waals surface area contributed by atoms with Gasteiger partial charge in [-0.25, -0.2) is 9.59 Å². The lowest BCUT2D eigenvalue weighted by molar-refractivity contribution is -0.146. The van der Waals surface area contributed by atoms with Crippen LogP contribution in [0.5, 0.6) is 0 Å². The number of aliphatic hydroxyl groups is 1. The van der Waals surface area contributed by atoms with Crippen molar-refractivity contribution < 1.29 is 19.8 Å². The monoisotopic (exact) mass is 274 g/mol. The van der Waals surface area contributed by atoms with E-state index in [1.54, 1.807) is 0 Å². The van der Waals surface area contributed by atoms with E-state index in [0.717, 1.165) is 12.8 Å². The molecule has 0 bridgehead atoms. The fourth-order valence-corrected chi connectivity index (χ4v) is 1.67. The third kappa shape index (κ3) is 10.3. The maximum atomic E-state index is 11.4. The highest BCUT2D eigenvalue weighted by atomic mass is 16.4. The SMILES string of the molecule is CCCCCCC(C)NC(=O)NCCC(O)C(=O)O. The number of amides is 2. The number of carboxylic acid groups (broad SMARTS) is 1. The largest absolute Gasteiger partial charge is 0.479 e. The van der Waals surface area contributed by atoms with E-state index in [1.165, 1.54) is 19.3 Å². The normalized spacial score (nSPS) is 13.6. The smallest absolute Gasteiger partial charge is 0.332 e. The van der Waals surface area contributed by atoms with E-state index in [1.807, 2.05) is 6.92 Å². The van der Waals surface area contributed by atoms with E-state index >= 15 is 0 Å². The van der Waals surface area contributed by atoms with Crippen LogP contribution in [0.1, 0.15) is 52.4 Å². The van der Waals surface area contributed by atoms with Crippen LogP contribution < -0.4 is 10.6 Å². The van der Waals surface area contributed by atoms with Crippen molar-refractivity contribution in [2.45, 2.75) is 64.5 Å². The molecule has 6 nitrogen and oxygen atoms in total. The molecule has 0 aromatic carbocycles. The Morgan fingerprint density at radius 3 is 2.42 bits per heavy atom. The number of carbonyl (C=O) groups excluding carboxylic acids is 1. The molecule has 6 heteroatoms. The quantitative estimate of drug-likeness (QED) is 0.453. The Morgan fingerprint density at radius 2 is 1.84 bits per heavy atom. The summed E-state index contributed by atoms with van der Waals surface area (Å²) in [6.45, 7) is 4.24. The van der Waals surface area contributed by atoms with Gasteiger partial charge in [0.05, 0.1) is 0 Å². The van der Waals surface area contributed by atoms with Crippen LogP contribution in [0, 0.1) is 0 Å². The molecule has 0 heterocycles. The summed E-state index contributed by atoms with van der Waals surface area (Å²) in [7, 11) is 0. The second kappa shape index (κ2) is 10.6. The zero-order chi connectivity index (χ0) is 14.7. The van der Waals surface area contributed by atoms with Gasteiger partial charge in [-0.3, -0.25) is 0 Å². The summed E-state index contributed by atoms with van der Waals surface area (Å²) in [6, 6.07) is -0.221. The average Bonchev–Trinajstić information content (AvgIpc) is 2.34. The fourth-order valence-electron chi connectivity index (χ4n) is 1.67. The Bertz CT molecular complexity index is 271. The Kier molecular flexibility index (Phi) is 9.88. The number of rotatable bonds is 10. The van der Waals surface area contributed by atoms with Crippen molar-refractivity contribution in [2.24, 2.45) is 0 Å². The van der Waals surface area contributed by atoms with Gasteiger partial charge in [0.2, 0.25) is 0 Å². The molecule has 2 atom stereocenters. The minimum absolute atomic E-state index is 0.00757. The number of carboxylic acids is 1.